The van der Waals surface area contributed by atoms with E-state index in [4.69, 9.17) is 14.2 Å². The number of urea groups is 1. The lowest BCUT2D eigenvalue weighted by molar-refractivity contribution is -0.131. The smallest absolute Gasteiger partial charge is 0.408 e. The number of benzene rings is 2. The predicted molar refractivity (Wildman–Crippen MR) is 167 cm³/mol. The number of aryl methyl sites for hydroxylation is 1. The first kappa shape index (κ1) is 33.5. The van der Waals surface area contributed by atoms with Gasteiger partial charge in [0.15, 0.2) is 0 Å². The van der Waals surface area contributed by atoms with Crippen molar-refractivity contribution in [2.45, 2.75) is 85.1 Å². The lowest BCUT2D eigenvalue weighted by Gasteiger charge is -2.39. The van der Waals surface area contributed by atoms with Crippen molar-refractivity contribution >= 4 is 18.0 Å². The standard InChI is InChI=1S/C34H47N3O6/c1-8-27-16-12-13-19-29(27)41-23-15-21-34(42-28-17-10-9-11-18-28)20-14-22-37(34)32(40)36(24-25(2)3)30(38)26(4)35-31(39)43-33(5,6)7/h9-13,15-19,21,25-26H,8,14,20,22-24H2,1-7H3,(H,35,39)/b21-15+/t26-,34-/m0/s1. The minimum atomic E-state index is -1.14. The average molecular weight is 594 g/mol. The van der Waals surface area contributed by atoms with E-state index in [9.17, 15) is 14.4 Å². The van der Waals surface area contributed by atoms with Crippen molar-refractivity contribution in [3.8, 4) is 11.5 Å². The van der Waals surface area contributed by atoms with Gasteiger partial charge in [0.1, 0.15) is 29.7 Å². The van der Waals surface area contributed by atoms with Crippen molar-refractivity contribution in [3.05, 3.63) is 72.3 Å². The molecule has 2 aromatic carbocycles. The first-order valence-electron chi connectivity index (χ1n) is 15.1. The molecule has 3 rings (SSSR count). The fraction of sp³-hybridized carbons (Fsp3) is 0.500. The monoisotopic (exact) mass is 593 g/mol. The van der Waals surface area contributed by atoms with Crippen LogP contribution in [-0.4, -0.2) is 64.9 Å². The van der Waals surface area contributed by atoms with Gasteiger partial charge in [-0.25, -0.2) is 9.59 Å². The number of likely N-dealkylation sites (tertiary alicyclic amines) is 1. The second-order valence-corrected chi connectivity index (χ2v) is 12.2. The van der Waals surface area contributed by atoms with Gasteiger partial charge in [0.05, 0.1) is 0 Å². The van der Waals surface area contributed by atoms with Gasteiger partial charge in [0, 0.05) is 19.5 Å². The number of ether oxygens (including phenoxy) is 3. The maximum atomic E-state index is 14.2. The summed E-state index contributed by atoms with van der Waals surface area (Å²) in [5, 5.41) is 2.58. The van der Waals surface area contributed by atoms with Crippen LogP contribution in [0.5, 0.6) is 11.5 Å². The number of nitrogens with zero attached hydrogens (tertiary/aromatic N) is 2. The molecule has 9 nitrogen and oxygen atoms in total. The number of rotatable bonds is 11. The Hall–Kier alpha value is -4.01. The highest BCUT2D eigenvalue weighted by Gasteiger charge is 2.47. The van der Waals surface area contributed by atoms with Gasteiger partial charge in [-0.05, 0) is 82.4 Å². The second-order valence-electron chi connectivity index (χ2n) is 12.2. The van der Waals surface area contributed by atoms with Gasteiger partial charge in [-0.15, -0.1) is 0 Å². The number of para-hydroxylation sites is 2. The van der Waals surface area contributed by atoms with Crippen molar-refractivity contribution in [1.29, 1.82) is 0 Å². The first-order chi connectivity index (χ1) is 20.3. The molecule has 0 aromatic heterocycles. The highest BCUT2D eigenvalue weighted by molar-refractivity contribution is 5.98. The molecule has 2 aromatic rings. The third-order valence-corrected chi connectivity index (χ3v) is 6.86. The summed E-state index contributed by atoms with van der Waals surface area (Å²) in [6, 6.07) is 15.8. The summed E-state index contributed by atoms with van der Waals surface area (Å²) < 4.78 is 17.9. The zero-order valence-electron chi connectivity index (χ0n) is 26.6. The molecule has 0 spiro atoms. The summed E-state index contributed by atoms with van der Waals surface area (Å²) in [6.45, 7) is 13.6. The Morgan fingerprint density at radius 2 is 1.72 bits per heavy atom. The topological polar surface area (TPSA) is 97.4 Å². The third-order valence-electron chi connectivity index (χ3n) is 6.86. The molecule has 1 heterocycles. The lowest BCUT2D eigenvalue weighted by atomic mass is 10.1. The molecule has 9 heteroatoms. The van der Waals surface area contributed by atoms with Crippen molar-refractivity contribution in [2.24, 2.45) is 5.92 Å². The van der Waals surface area contributed by atoms with E-state index in [2.05, 4.69) is 12.2 Å². The van der Waals surface area contributed by atoms with Crippen LogP contribution in [-0.2, 0) is 16.0 Å². The zero-order chi connectivity index (χ0) is 31.6. The molecule has 1 fully saturated rings. The van der Waals surface area contributed by atoms with E-state index in [0.29, 0.717) is 25.1 Å². The molecule has 0 bridgehead atoms. The van der Waals surface area contributed by atoms with Gasteiger partial charge in [0.2, 0.25) is 5.72 Å². The Morgan fingerprint density at radius 3 is 2.37 bits per heavy atom. The summed E-state index contributed by atoms with van der Waals surface area (Å²) in [7, 11) is 0. The zero-order valence-corrected chi connectivity index (χ0v) is 26.6. The van der Waals surface area contributed by atoms with Gasteiger partial charge in [0.25, 0.3) is 5.91 Å². The first-order valence-corrected chi connectivity index (χ1v) is 15.1. The van der Waals surface area contributed by atoms with Crippen LogP contribution in [0.3, 0.4) is 0 Å². The maximum Gasteiger partial charge on any atom is 0.408 e. The molecule has 0 radical (unpaired) electrons. The van der Waals surface area contributed by atoms with Gasteiger partial charge in [-0.3, -0.25) is 14.6 Å². The van der Waals surface area contributed by atoms with Gasteiger partial charge < -0.3 is 19.5 Å². The molecule has 1 saturated heterocycles. The minimum absolute atomic E-state index is 0.00347. The number of nitrogens with one attached hydrogen (secondary N) is 1. The summed E-state index contributed by atoms with van der Waals surface area (Å²) in [5.74, 6) is 0.891. The number of hydrogen-bond acceptors (Lipinski definition) is 6. The quantitative estimate of drug-likeness (QED) is 0.296. The summed E-state index contributed by atoms with van der Waals surface area (Å²) in [5.41, 5.74) is -0.747. The summed E-state index contributed by atoms with van der Waals surface area (Å²) >= 11 is 0. The predicted octanol–water partition coefficient (Wildman–Crippen LogP) is 6.57. The molecule has 2 atom stereocenters. The number of amides is 4. The summed E-state index contributed by atoms with van der Waals surface area (Å²) in [4.78, 5) is 43.1. The van der Waals surface area contributed by atoms with Gasteiger partial charge >= 0.3 is 12.1 Å². The van der Waals surface area contributed by atoms with Crippen LogP contribution < -0.4 is 14.8 Å². The van der Waals surface area contributed by atoms with Gasteiger partial charge in [-0.2, -0.15) is 0 Å². The third kappa shape index (κ3) is 9.49. The van der Waals surface area contributed by atoms with E-state index in [0.717, 1.165) is 17.7 Å². The van der Waals surface area contributed by atoms with E-state index in [1.54, 1.807) is 32.6 Å². The van der Waals surface area contributed by atoms with Crippen LogP contribution in [0.1, 0.15) is 66.9 Å². The SMILES string of the molecule is CCc1ccccc1OC/C=C/[C@@]1(Oc2ccccc2)CCCN1C(=O)N(CC(C)C)C(=O)[C@H](C)NC(=O)OC(C)(C)C. The van der Waals surface area contributed by atoms with Crippen LogP contribution in [0.25, 0.3) is 0 Å². The largest absolute Gasteiger partial charge is 0.489 e. The fourth-order valence-corrected chi connectivity index (χ4v) is 4.94. The number of alkyl carbamates (subject to hydrolysis) is 1. The lowest BCUT2D eigenvalue weighted by Crippen LogP contribution is -2.59. The van der Waals surface area contributed by atoms with Crippen LogP contribution in [0, 0.1) is 5.92 Å². The Bertz CT molecular complexity index is 1260. The molecule has 1 aliphatic heterocycles. The van der Waals surface area contributed by atoms with Crippen LogP contribution >= 0.6 is 0 Å². The Balaban J connectivity index is 1.88. The molecule has 234 valence electrons. The molecule has 4 amide bonds. The molecule has 0 saturated carbocycles. The van der Waals surface area contributed by atoms with Crippen LogP contribution in [0.4, 0.5) is 9.59 Å². The number of carbonyl (C=O) groups excluding carboxylic acids is 3. The van der Waals surface area contributed by atoms with Crippen LogP contribution in [0.2, 0.25) is 0 Å². The molecule has 0 aliphatic carbocycles. The Kier molecular flexibility index (Phi) is 11.6. The molecule has 43 heavy (non-hydrogen) atoms. The maximum absolute atomic E-state index is 14.2. The minimum Gasteiger partial charge on any atom is -0.489 e. The van der Waals surface area contributed by atoms with Crippen LogP contribution in [0.15, 0.2) is 66.7 Å². The molecule has 1 aliphatic rings. The highest BCUT2D eigenvalue weighted by Crippen LogP contribution is 2.35. The number of imide groups is 1. The molecule has 1 N–H and O–H groups in total. The van der Waals surface area contributed by atoms with Crippen molar-refractivity contribution < 1.29 is 28.6 Å². The van der Waals surface area contributed by atoms with Crippen molar-refractivity contribution in [1.82, 2.24) is 15.1 Å². The second kappa shape index (κ2) is 14.9. The highest BCUT2D eigenvalue weighted by atomic mass is 16.6. The van der Waals surface area contributed by atoms with Crippen molar-refractivity contribution in [2.75, 3.05) is 19.7 Å². The molecular formula is C34H47N3O6. The Labute approximate surface area is 256 Å². The normalized spacial score (nSPS) is 17.5. The number of hydrogen-bond donors (Lipinski definition) is 1. The number of carbonyl (C=O) groups is 3. The molecule has 0 unspecified atom stereocenters. The fourth-order valence-electron chi connectivity index (χ4n) is 4.94. The van der Waals surface area contributed by atoms with Gasteiger partial charge in [-0.1, -0.05) is 57.2 Å². The van der Waals surface area contributed by atoms with Crippen molar-refractivity contribution in [3.63, 3.8) is 0 Å². The van der Waals surface area contributed by atoms with E-state index in [-0.39, 0.29) is 19.1 Å². The van der Waals surface area contributed by atoms with E-state index in [1.165, 1.54) is 4.90 Å². The average Bonchev–Trinajstić information content (AvgIpc) is 3.36. The van der Waals surface area contributed by atoms with E-state index < -0.39 is 35.4 Å². The van der Waals surface area contributed by atoms with E-state index >= 15 is 0 Å². The molecular weight excluding hydrogens is 546 g/mol. The van der Waals surface area contributed by atoms with E-state index in [1.807, 2.05) is 80.6 Å². The Morgan fingerprint density at radius 1 is 1.05 bits per heavy atom. The summed E-state index contributed by atoms with van der Waals surface area (Å²) in [6.07, 6.45) is 5.07.